The summed E-state index contributed by atoms with van der Waals surface area (Å²) in [5.41, 5.74) is 2.40. The summed E-state index contributed by atoms with van der Waals surface area (Å²) in [4.78, 5) is 12.7. The van der Waals surface area contributed by atoms with Crippen molar-refractivity contribution in [1.29, 1.82) is 0 Å². The Morgan fingerprint density at radius 3 is 2.54 bits per heavy atom. The summed E-state index contributed by atoms with van der Waals surface area (Å²) in [6.07, 6.45) is 0.669. The zero-order chi connectivity index (χ0) is 19.7. The molecule has 28 heavy (non-hydrogen) atoms. The number of sulfonamides is 1. The second-order valence-electron chi connectivity index (χ2n) is 6.42. The van der Waals surface area contributed by atoms with E-state index in [-0.39, 0.29) is 10.5 Å². The molecule has 1 amide bonds. The lowest BCUT2D eigenvalue weighted by Gasteiger charge is -2.20. The number of nitrogens with zero attached hydrogens (tertiary/aromatic N) is 1. The van der Waals surface area contributed by atoms with E-state index >= 15 is 0 Å². The highest BCUT2D eigenvalue weighted by atomic mass is 35.5. The Morgan fingerprint density at radius 2 is 1.71 bits per heavy atom. The molecular formula is C21H17ClN2O3S. The summed E-state index contributed by atoms with van der Waals surface area (Å²) in [7, 11) is -3.76. The Balaban J connectivity index is 1.64. The number of halogens is 1. The summed E-state index contributed by atoms with van der Waals surface area (Å²) >= 11 is 6.08. The fourth-order valence-electron chi connectivity index (χ4n) is 3.24. The van der Waals surface area contributed by atoms with Crippen LogP contribution in [0.25, 0.3) is 0 Å². The molecule has 1 N–H and O–H groups in total. The van der Waals surface area contributed by atoms with Crippen LogP contribution in [-0.4, -0.2) is 20.9 Å². The largest absolute Gasteiger partial charge is 0.321 e. The highest BCUT2D eigenvalue weighted by molar-refractivity contribution is 7.92. The van der Waals surface area contributed by atoms with Crippen LogP contribution in [0.1, 0.15) is 15.9 Å². The van der Waals surface area contributed by atoms with Crippen molar-refractivity contribution in [3.63, 3.8) is 0 Å². The van der Waals surface area contributed by atoms with Crippen LogP contribution in [0.3, 0.4) is 0 Å². The fourth-order valence-corrected chi connectivity index (χ4v) is 4.97. The van der Waals surface area contributed by atoms with Gasteiger partial charge in [-0.05, 0) is 48.4 Å². The maximum absolute atomic E-state index is 13.2. The fraction of sp³-hybridized carbons (Fsp3) is 0.0952. The van der Waals surface area contributed by atoms with Crippen molar-refractivity contribution in [3.05, 3.63) is 88.9 Å². The molecule has 1 aliphatic heterocycles. The lowest BCUT2D eigenvalue weighted by Crippen LogP contribution is -2.29. The summed E-state index contributed by atoms with van der Waals surface area (Å²) in [6, 6.07) is 20.3. The Labute approximate surface area is 168 Å². The van der Waals surface area contributed by atoms with E-state index in [0.29, 0.717) is 29.4 Å². The van der Waals surface area contributed by atoms with Crippen molar-refractivity contribution in [2.45, 2.75) is 11.3 Å². The number of carbonyl (C=O) groups is 1. The molecule has 5 nitrogen and oxygen atoms in total. The summed E-state index contributed by atoms with van der Waals surface area (Å²) in [6.45, 7) is 0.387. The molecular weight excluding hydrogens is 396 g/mol. The molecule has 1 heterocycles. The van der Waals surface area contributed by atoms with Crippen LogP contribution in [0, 0.1) is 0 Å². The average molecular weight is 413 g/mol. The first-order chi connectivity index (χ1) is 13.5. The topological polar surface area (TPSA) is 66.5 Å². The maximum atomic E-state index is 13.2. The van der Waals surface area contributed by atoms with Gasteiger partial charge in [-0.15, -0.1) is 0 Å². The van der Waals surface area contributed by atoms with Crippen LogP contribution in [-0.2, 0) is 16.4 Å². The predicted octanol–water partition coefficient (Wildman–Crippen LogP) is 4.34. The number of para-hydroxylation sites is 2. The van der Waals surface area contributed by atoms with Crippen molar-refractivity contribution < 1.29 is 13.2 Å². The summed E-state index contributed by atoms with van der Waals surface area (Å²) < 4.78 is 27.7. The van der Waals surface area contributed by atoms with Gasteiger partial charge in [0.05, 0.1) is 21.3 Å². The third-order valence-corrected chi connectivity index (χ3v) is 6.79. The molecule has 0 atom stereocenters. The van der Waals surface area contributed by atoms with Gasteiger partial charge in [-0.3, -0.25) is 9.10 Å². The van der Waals surface area contributed by atoms with E-state index in [0.717, 1.165) is 5.56 Å². The predicted molar refractivity (Wildman–Crippen MR) is 111 cm³/mol. The first-order valence-electron chi connectivity index (χ1n) is 8.73. The number of hydrogen-bond acceptors (Lipinski definition) is 3. The molecule has 0 bridgehead atoms. The average Bonchev–Trinajstić information content (AvgIpc) is 3.15. The Kier molecular flexibility index (Phi) is 4.83. The number of rotatable bonds is 4. The monoisotopic (exact) mass is 412 g/mol. The van der Waals surface area contributed by atoms with E-state index in [9.17, 15) is 13.2 Å². The molecule has 142 valence electrons. The first kappa shape index (κ1) is 18.5. The number of benzene rings is 3. The van der Waals surface area contributed by atoms with Gasteiger partial charge in [0, 0.05) is 12.1 Å². The van der Waals surface area contributed by atoms with Crippen molar-refractivity contribution in [2.75, 3.05) is 16.2 Å². The normalized spacial score (nSPS) is 13.2. The molecule has 3 aromatic carbocycles. The minimum atomic E-state index is -3.76. The van der Waals surface area contributed by atoms with Crippen molar-refractivity contribution >= 4 is 38.9 Å². The van der Waals surface area contributed by atoms with Gasteiger partial charge in [-0.1, -0.05) is 48.0 Å². The van der Waals surface area contributed by atoms with Gasteiger partial charge in [-0.2, -0.15) is 0 Å². The Hall–Kier alpha value is -2.83. The van der Waals surface area contributed by atoms with Gasteiger partial charge in [0.25, 0.3) is 15.9 Å². The number of amides is 1. The summed E-state index contributed by atoms with van der Waals surface area (Å²) in [5, 5.41) is 3.12. The van der Waals surface area contributed by atoms with Crippen LogP contribution in [0.15, 0.2) is 77.7 Å². The zero-order valence-electron chi connectivity index (χ0n) is 14.8. The third kappa shape index (κ3) is 3.37. The standard InChI is InChI=1S/C21H17ClN2O3S/c22-18-9-2-3-10-19(18)23-21(25)16-7-5-8-17(14-16)28(26,27)24-13-12-15-6-1-4-11-20(15)24/h1-11,14H,12-13H2,(H,23,25). The zero-order valence-corrected chi connectivity index (χ0v) is 16.4. The molecule has 0 saturated heterocycles. The van der Waals surface area contributed by atoms with Crippen LogP contribution >= 0.6 is 11.6 Å². The SMILES string of the molecule is O=C(Nc1ccccc1Cl)c1cccc(S(=O)(=O)N2CCc3ccccc32)c1. The minimum Gasteiger partial charge on any atom is -0.321 e. The van der Waals surface area contributed by atoms with E-state index < -0.39 is 15.9 Å². The van der Waals surface area contributed by atoms with Crippen molar-refractivity contribution in [3.8, 4) is 0 Å². The lowest BCUT2D eigenvalue weighted by molar-refractivity contribution is 0.102. The molecule has 0 radical (unpaired) electrons. The van der Waals surface area contributed by atoms with E-state index in [1.54, 1.807) is 42.5 Å². The minimum absolute atomic E-state index is 0.0796. The van der Waals surface area contributed by atoms with Gasteiger partial charge in [0.15, 0.2) is 0 Å². The van der Waals surface area contributed by atoms with Crippen LogP contribution in [0.2, 0.25) is 5.02 Å². The molecule has 1 aliphatic rings. The van der Waals surface area contributed by atoms with Crippen molar-refractivity contribution in [2.24, 2.45) is 0 Å². The maximum Gasteiger partial charge on any atom is 0.264 e. The van der Waals surface area contributed by atoms with Crippen LogP contribution < -0.4 is 9.62 Å². The highest BCUT2D eigenvalue weighted by Gasteiger charge is 2.30. The molecule has 0 aliphatic carbocycles. The molecule has 3 aromatic rings. The Morgan fingerprint density at radius 1 is 0.964 bits per heavy atom. The van der Waals surface area contributed by atoms with Gasteiger partial charge in [-0.25, -0.2) is 8.42 Å². The van der Waals surface area contributed by atoms with Gasteiger partial charge < -0.3 is 5.32 Å². The number of fused-ring (bicyclic) bond motifs is 1. The number of nitrogens with one attached hydrogen (secondary N) is 1. The molecule has 0 fully saturated rings. The van der Waals surface area contributed by atoms with Crippen LogP contribution in [0.5, 0.6) is 0 Å². The van der Waals surface area contributed by atoms with Crippen LogP contribution in [0.4, 0.5) is 11.4 Å². The second kappa shape index (κ2) is 7.30. The third-order valence-electron chi connectivity index (χ3n) is 4.65. The summed E-state index contributed by atoms with van der Waals surface area (Å²) in [5.74, 6) is -0.424. The van der Waals surface area contributed by atoms with E-state index in [1.165, 1.54) is 16.4 Å². The van der Waals surface area contributed by atoms with Crippen molar-refractivity contribution in [1.82, 2.24) is 0 Å². The van der Waals surface area contributed by atoms with E-state index in [2.05, 4.69) is 5.32 Å². The first-order valence-corrected chi connectivity index (χ1v) is 10.6. The molecule has 0 unspecified atom stereocenters. The molecule has 0 saturated carbocycles. The molecule has 7 heteroatoms. The second-order valence-corrected chi connectivity index (χ2v) is 8.69. The van der Waals surface area contributed by atoms with Gasteiger partial charge >= 0.3 is 0 Å². The number of anilines is 2. The van der Waals surface area contributed by atoms with E-state index in [1.807, 2.05) is 18.2 Å². The van der Waals surface area contributed by atoms with Gasteiger partial charge in [0.2, 0.25) is 0 Å². The van der Waals surface area contributed by atoms with Gasteiger partial charge in [0.1, 0.15) is 0 Å². The Bertz CT molecular complexity index is 1160. The smallest absolute Gasteiger partial charge is 0.264 e. The number of carbonyl (C=O) groups excluding carboxylic acids is 1. The van der Waals surface area contributed by atoms with E-state index in [4.69, 9.17) is 11.6 Å². The highest BCUT2D eigenvalue weighted by Crippen LogP contribution is 2.33. The molecule has 0 spiro atoms. The lowest BCUT2D eigenvalue weighted by atomic mass is 10.2. The molecule has 4 rings (SSSR count). The number of hydrogen-bond donors (Lipinski definition) is 1. The quantitative estimate of drug-likeness (QED) is 0.693. The molecule has 0 aromatic heterocycles.